The van der Waals surface area contributed by atoms with Gasteiger partial charge in [0, 0.05) is 46.4 Å². The number of fused-ring (bicyclic) bond motifs is 4. The highest BCUT2D eigenvalue weighted by Crippen LogP contribution is 2.45. The van der Waals surface area contributed by atoms with Crippen LogP contribution in [0.5, 0.6) is 5.88 Å². The molecule has 2 fully saturated rings. The van der Waals surface area contributed by atoms with Crippen molar-refractivity contribution >= 4 is 57.1 Å². The number of carbonyl (C=O) groups excluding carboxylic acids is 1. The van der Waals surface area contributed by atoms with Gasteiger partial charge in [-0.3, -0.25) is 14.5 Å². The normalized spacial score (nSPS) is 21.0. The van der Waals surface area contributed by atoms with Gasteiger partial charge in [-0.25, -0.2) is 9.37 Å². The van der Waals surface area contributed by atoms with E-state index in [-0.39, 0.29) is 46.6 Å². The van der Waals surface area contributed by atoms with E-state index in [0.717, 1.165) is 30.5 Å². The molecule has 9 nitrogen and oxygen atoms in total. The minimum absolute atomic E-state index is 0.115. The molecule has 0 saturated carbocycles. The number of likely N-dealkylation sites (tertiary alicyclic amines) is 2. The maximum atomic E-state index is 17.1. The average molecular weight is 675 g/mol. The van der Waals surface area contributed by atoms with Gasteiger partial charge < -0.3 is 14.5 Å². The van der Waals surface area contributed by atoms with Crippen LogP contribution in [0.1, 0.15) is 54.8 Å². The highest BCUT2D eigenvalue weighted by Gasteiger charge is 2.34. The Morgan fingerprint density at radius 3 is 2.77 bits per heavy atom. The number of nitrogens with zero attached hydrogens (tertiary/aromatic N) is 7. The SMILES string of the molecule is C=CC(=O)N1CC[C@H](n2ncc3c(OC[C@@H]4CCCN4C)nc4c(F)c(-c5c(C)c(Cl)cc6c5C=NC6)c(Cl)cc4c32)C[C@H]1CC#N. The van der Waals surface area contributed by atoms with Crippen molar-refractivity contribution < 1.29 is 13.9 Å². The zero-order valence-electron chi connectivity index (χ0n) is 26.3. The molecule has 0 aliphatic carbocycles. The van der Waals surface area contributed by atoms with Gasteiger partial charge in [-0.2, -0.15) is 10.4 Å². The second kappa shape index (κ2) is 12.5. The molecule has 0 N–H and O–H groups in total. The van der Waals surface area contributed by atoms with Gasteiger partial charge in [0.15, 0.2) is 5.82 Å². The number of benzene rings is 2. The summed E-state index contributed by atoms with van der Waals surface area (Å²) in [7, 11) is 2.08. The number of likely N-dealkylation sites (N-methyl/N-ethyl adjacent to an activating group) is 1. The lowest BCUT2D eigenvalue weighted by Crippen LogP contribution is -2.45. The number of aliphatic imine (C=N–C) groups is 1. The first-order valence-electron chi connectivity index (χ1n) is 15.9. The predicted octanol–water partition coefficient (Wildman–Crippen LogP) is 7.04. The number of halogens is 3. The Hall–Kier alpha value is -4.04. The maximum Gasteiger partial charge on any atom is 0.246 e. The third-order valence-corrected chi connectivity index (χ3v) is 10.7. The fourth-order valence-electron chi connectivity index (χ4n) is 7.44. The van der Waals surface area contributed by atoms with Gasteiger partial charge in [0.05, 0.1) is 47.2 Å². The topological polar surface area (TPSA) is 99.6 Å². The smallest absolute Gasteiger partial charge is 0.246 e. The van der Waals surface area contributed by atoms with Crippen LogP contribution in [0.3, 0.4) is 0 Å². The monoisotopic (exact) mass is 673 g/mol. The van der Waals surface area contributed by atoms with E-state index in [0.29, 0.717) is 70.9 Å². The van der Waals surface area contributed by atoms with Crippen LogP contribution >= 0.6 is 23.2 Å². The van der Waals surface area contributed by atoms with Gasteiger partial charge in [0.2, 0.25) is 11.8 Å². The van der Waals surface area contributed by atoms with Crippen LogP contribution in [0.25, 0.3) is 32.9 Å². The molecule has 0 spiro atoms. The van der Waals surface area contributed by atoms with Gasteiger partial charge in [0.25, 0.3) is 0 Å². The Labute approximate surface area is 282 Å². The Morgan fingerprint density at radius 2 is 2.02 bits per heavy atom. The van der Waals surface area contributed by atoms with E-state index in [9.17, 15) is 10.1 Å². The molecule has 0 unspecified atom stereocenters. The van der Waals surface area contributed by atoms with Crippen molar-refractivity contribution in [3.05, 3.63) is 63.5 Å². The molecule has 2 aromatic heterocycles. The Kier molecular flexibility index (Phi) is 8.41. The molecule has 5 heterocycles. The van der Waals surface area contributed by atoms with Crippen molar-refractivity contribution in [2.75, 3.05) is 26.7 Å². The third kappa shape index (κ3) is 5.35. The molecule has 47 heavy (non-hydrogen) atoms. The summed E-state index contributed by atoms with van der Waals surface area (Å²) < 4.78 is 25.4. The number of ether oxygens (including phenoxy) is 1. The molecule has 4 aromatic rings. The van der Waals surface area contributed by atoms with E-state index in [2.05, 4.69) is 29.6 Å². The molecule has 2 saturated heterocycles. The number of nitriles is 1. The summed E-state index contributed by atoms with van der Waals surface area (Å²) in [6.45, 7) is 7.78. The van der Waals surface area contributed by atoms with Crippen LogP contribution in [-0.2, 0) is 11.3 Å². The van der Waals surface area contributed by atoms with Crippen molar-refractivity contribution in [2.24, 2.45) is 4.99 Å². The summed E-state index contributed by atoms with van der Waals surface area (Å²) >= 11 is 13.6. The van der Waals surface area contributed by atoms with Gasteiger partial charge in [-0.1, -0.05) is 29.8 Å². The van der Waals surface area contributed by atoms with E-state index in [1.165, 1.54) is 6.08 Å². The lowest BCUT2D eigenvalue weighted by atomic mass is 9.91. The number of hydrogen-bond donors (Lipinski definition) is 0. The summed E-state index contributed by atoms with van der Waals surface area (Å²) in [4.78, 5) is 25.8. The number of aromatic nitrogens is 3. The number of carbonyl (C=O) groups is 1. The fraction of sp³-hybridized carbons (Fsp3) is 0.400. The van der Waals surface area contributed by atoms with Crippen molar-refractivity contribution in [3.63, 3.8) is 0 Å². The van der Waals surface area contributed by atoms with E-state index in [4.69, 9.17) is 38.0 Å². The zero-order chi connectivity index (χ0) is 33.0. The molecule has 242 valence electrons. The molecule has 7 rings (SSSR count). The third-order valence-electron chi connectivity index (χ3n) is 9.97. The van der Waals surface area contributed by atoms with Crippen LogP contribution < -0.4 is 4.74 Å². The molecule has 3 aliphatic heterocycles. The molecular formula is C35H34Cl2FN7O2. The number of pyridine rings is 1. The minimum Gasteiger partial charge on any atom is -0.475 e. The first-order chi connectivity index (χ1) is 22.7. The molecule has 0 bridgehead atoms. The van der Waals surface area contributed by atoms with E-state index in [1.54, 1.807) is 23.4 Å². The fourth-order valence-corrected chi connectivity index (χ4v) is 7.96. The second-order valence-corrected chi connectivity index (χ2v) is 13.4. The van der Waals surface area contributed by atoms with Crippen molar-refractivity contribution in [1.29, 1.82) is 5.26 Å². The predicted molar refractivity (Wildman–Crippen MR) is 182 cm³/mol. The number of hydrogen-bond acceptors (Lipinski definition) is 7. The highest BCUT2D eigenvalue weighted by atomic mass is 35.5. The lowest BCUT2D eigenvalue weighted by Gasteiger charge is -2.38. The number of rotatable bonds is 7. The standard InChI is InChI=1S/C35H34Cl2FN7O2/c1-4-29(46)44-11-8-22(13-21(44)7-9-39)45-34-24-14-28(37)31(30-19(2)27(36)12-20-15-40-16-25(20)30)32(38)33(24)42-35(26(34)17-41-45)47-18-23-6-5-10-43(23)3/h4,12,14,16-17,21-23H,1,5-8,10-11,13,15,18H2,2-3H3/t21-,22+,23+/m1/s1. The van der Waals surface area contributed by atoms with E-state index >= 15 is 4.39 Å². The number of piperidine rings is 1. The highest BCUT2D eigenvalue weighted by molar-refractivity contribution is 6.36. The first-order valence-corrected chi connectivity index (χ1v) is 16.6. The summed E-state index contributed by atoms with van der Waals surface area (Å²) in [6.07, 6.45) is 8.09. The summed E-state index contributed by atoms with van der Waals surface area (Å²) in [5.74, 6) is -0.481. The van der Waals surface area contributed by atoms with Crippen LogP contribution in [0.2, 0.25) is 10.0 Å². The second-order valence-electron chi connectivity index (χ2n) is 12.6. The Balaban J connectivity index is 1.41. The first kappa shape index (κ1) is 31.6. The minimum atomic E-state index is -0.577. The zero-order valence-corrected chi connectivity index (χ0v) is 27.8. The molecule has 1 amide bonds. The van der Waals surface area contributed by atoms with Crippen molar-refractivity contribution in [3.8, 4) is 23.1 Å². The van der Waals surface area contributed by atoms with Crippen molar-refractivity contribution in [1.82, 2.24) is 24.6 Å². The van der Waals surface area contributed by atoms with Gasteiger partial charge in [-0.15, -0.1) is 0 Å². The van der Waals surface area contributed by atoms with Crippen LogP contribution in [0.4, 0.5) is 4.39 Å². The maximum absolute atomic E-state index is 17.1. The number of amides is 1. The largest absolute Gasteiger partial charge is 0.475 e. The molecule has 3 aliphatic rings. The quantitative estimate of drug-likeness (QED) is 0.195. The molecule has 12 heteroatoms. The average Bonchev–Trinajstić information content (AvgIpc) is 3.82. The van der Waals surface area contributed by atoms with E-state index < -0.39 is 5.82 Å². The lowest BCUT2D eigenvalue weighted by molar-refractivity contribution is -0.130. The van der Waals surface area contributed by atoms with Crippen LogP contribution in [0.15, 0.2) is 36.0 Å². The van der Waals surface area contributed by atoms with Gasteiger partial charge in [-0.05, 0) is 81.1 Å². The molecular weight excluding hydrogens is 640 g/mol. The summed E-state index contributed by atoms with van der Waals surface area (Å²) in [5, 5.41) is 16.2. The summed E-state index contributed by atoms with van der Waals surface area (Å²) in [6, 6.07) is 5.58. The Morgan fingerprint density at radius 1 is 1.19 bits per heavy atom. The van der Waals surface area contributed by atoms with Crippen molar-refractivity contribution in [2.45, 2.75) is 63.7 Å². The molecule has 2 aromatic carbocycles. The van der Waals surface area contributed by atoms with E-state index in [1.807, 2.05) is 17.7 Å². The van der Waals surface area contributed by atoms with Crippen LogP contribution in [0, 0.1) is 24.1 Å². The van der Waals surface area contributed by atoms with Gasteiger partial charge in [0.1, 0.15) is 12.1 Å². The molecule has 3 atom stereocenters. The van der Waals surface area contributed by atoms with Crippen LogP contribution in [-0.4, -0.2) is 75.5 Å². The van der Waals surface area contributed by atoms with Gasteiger partial charge >= 0.3 is 0 Å². The summed E-state index contributed by atoms with van der Waals surface area (Å²) in [5.41, 5.74) is 3.99. The molecule has 0 radical (unpaired) electrons. The Bertz CT molecular complexity index is 2020.